The first kappa shape index (κ1) is 25.5. The quantitative estimate of drug-likeness (QED) is 0.399. The summed E-state index contributed by atoms with van der Waals surface area (Å²) >= 11 is -1.30. The van der Waals surface area contributed by atoms with E-state index in [1.54, 1.807) is 24.3 Å². The van der Waals surface area contributed by atoms with Crippen molar-refractivity contribution in [1.29, 1.82) is 0 Å². The lowest BCUT2D eigenvalue weighted by Gasteiger charge is -2.40. The van der Waals surface area contributed by atoms with Crippen LogP contribution in [0.3, 0.4) is 0 Å². The summed E-state index contributed by atoms with van der Waals surface area (Å²) < 4.78 is 53.9. The van der Waals surface area contributed by atoms with Gasteiger partial charge in [-0.1, -0.05) is 18.6 Å². The van der Waals surface area contributed by atoms with Crippen LogP contribution in [-0.4, -0.2) is 59.7 Å². The minimum atomic E-state index is -4.34. The molecule has 2 aromatic rings. The molecule has 0 amide bonds. The fraction of sp³-hybridized carbons (Fsp3) is 0.538. The summed E-state index contributed by atoms with van der Waals surface area (Å²) in [7, 11) is 0. The number of hydrogen-bond donors (Lipinski definition) is 1. The van der Waals surface area contributed by atoms with E-state index < -0.39 is 23.1 Å². The van der Waals surface area contributed by atoms with Gasteiger partial charge in [0.05, 0.1) is 16.9 Å². The van der Waals surface area contributed by atoms with Crippen LogP contribution in [0, 0.1) is 0 Å². The van der Waals surface area contributed by atoms with Crippen molar-refractivity contribution in [3.8, 4) is 11.1 Å². The summed E-state index contributed by atoms with van der Waals surface area (Å²) in [5.41, 5.74) is 0.828. The normalized spacial score (nSPS) is 19.9. The molecule has 2 fully saturated rings. The number of nitrogens with zero attached hydrogens (tertiary/aromatic N) is 2. The van der Waals surface area contributed by atoms with Crippen molar-refractivity contribution >= 4 is 11.4 Å². The van der Waals surface area contributed by atoms with E-state index in [9.17, 15) is 17.7 Å². The number of nitrogens with one attached hydrogen (secondary N) is 1. The lowest BCUT2D eigenvalue weighted by Crippen LogP contribution is -2.47. The van der Waals surface area contributed by atoms with Gasteiger partial charge in [0.1, 0.15) is 0 Å². The van der Waals surface area contributed by atoms with Crippen LogP contribution in [0.2, 0.25) is 0 Å². The van der Waals surface area contributed by atoms with Crippen LogP contribution < -0.4 is 4.72 Å². The third-order valence-electron chi connectivity index (χ3n) is 6.96. The fourth-order valence-corrected chi connectivity index (χ4v) is 5.84. The van der Waals surface area contributed by atoms with E-state index in [0.29, 0.717) is 17.0 Å². The molecular weight excluding hydrogens is 459 g/mol. The van der Waals surface area contributed by atoms with E-state index in [1.165, 1.54) is 57.3 Å². The van der Waals surface area contributed by atoms with E-state index in [4.69, 9.17) is 0 Å². The number of piperidine rings is 2. The summed E-state index contributed by atoms with van der Waals surface area (Å²) in [5, 5.41) is 0. The zero-order valence-corrected chi connectivity index (χ0v) is 20.3. The summed E-state index contributed by atoms with van der Waals surface area (Å²) in [4.78, 5) is 5.87. The molecule has 0 aromatic heterocycles. The Morgan fingerprint density at radius 2 is 1.44 bits per heavy atom. The van der Waals surface area contributed by atoms with Crippen LogP contribution in [0.25, 0.3) is 11.1 Å². The van der Waals surface area contributed by atoms with E-state index in [2.05, 4.69) is 14.5 Å². The van der Waals surface area contributed by atoms with E-state index in [1.807, 2.05) is 0 Å². The Kier molecular flexibility index (Phi) is 8.93. The molecule has 4 rings (SSSR count). The second kappa shape index (κ2) is 11.9. The van der Waals surface area contributed by atoms with Crippen LogP contribution >= 0.6 is 0 Å². The molecule has 34 heavy (non-hydrogen) atoms. The van der Waals surface area contributed by atoms with Gasteiger partial charge < -0.3 is 14.4 Å². The molecule has 2 aromatic carbocycles. The SMILES string of the molecule is [O-][S+](NCCCN1CCC(N2CCCCC2)CC1)c1ccc(-c2ccc(C(F)(F)F)cc2)cc1. The molecule has 0 aliphatic carbocycles. The minimum Gasteiger partial charge on any atom is -0.593 e. The zero-order chi connectivity index (χ0) is 24.0. The van der Waals surface area contributed by atoms with Crippen molar-refractivity contribution in [2.45, 2.75) is 55.6 Å². The highest BCUT2D eigenvalue weighted by Gasteiger charge is 2.30. The number of alkyl halides is 3. The van der Waals surface area contributed by atoms with E-state index in [0.717, 1.165) is 49.8 Å². The second-order valence-corrected chi connectivity index (χ2v) is 10.6. The van der Waals surface area contributed by atoms with Crippen molar-refractivity contribution in [2.75, 3.05) is 39.3 Å². The van der Waals surface area contributed by atoms with Crippen molar-refractivity contribution in [3.63, 3.8) is 0 Å². The van der Waals surface area contributed by atoms with Gasteiger partial charge in [0, 0.05) is 12.6 Å². The molecule has 8 heteroatoms. The summed E-state index contributed by atoms with van der Waals surface area (Å²) in [6.45, 7) is 6.53. The molecule has 2 aliphatic heterocycles. The molecule has 0 radical (unpaired) electrons. The van der Waals surface area contributed by atoms with Crippen molar-refractivity contribution in [3.05, 3.63) is 54.1 Å². The largest absolute Gasteiger partial charge is 0.593 e. The monoisotopic (exact) mass is 493 g/mol. The molecule has 0 bridgehead atoms. The average Bonchev–Trinajstić information content (AvgIpc) is 2.87. The van der Waals surface area contributed by atoms with Gasteiger partial charge in [-0.25, -0.2) is 0 Å². The van der Waals surface area contributed by atoms with Crippen molar-refractivity contribution < 1.29 is 17.7 Å². The highest BCUT2D eigenvalue weighted by Crippen LogP contribution is 2.31. The molecule has 4 nitrogen and oxygen atoms in total. The summed E-state index contributed by atoms with van der Waals surface area (Å²) in [6.07, 6.45) is 3.20. The maximum Gasteiger partial charge on any atom is 0.416 e. The molecule has 186 valence electrons. The molecule has 2 heterocycles. The first-order valence-corrected chi connectivity index (χ1v) is 13.4. The lowest BCUT2D eigenvalue weighted by molar-refractivity contribution is -0.137. The fourth-order valence-electron chi connectivity index (χ4n) is 4.97. The summed E-state index contributed by atoms with van der Waals surface area (Å²) in [5.74, 6) is 0. The first-order valence-electron chi connectivity index (χ1n) is 12.3. The van der Waals surface area contributed by atoms with Crippen molar-refractivity contribution in [1.82, 2.24) is 14.5 Å². The van der Waals surface area contributed by atoms with Crippen LogP contribution in [0.1, 0.15) is 44.1 Å². The molecule has 0 spiro atoms. The van der Waals surface area contributed by atoms with Crippen LogP contribution in [-0.2, 0) is 17.5 Å². The van der Waals surface area contributed by atoms with Crippen LogP contribution in [0.5, 0.6) is 0 Å². The van der Waals surface area contributed by atoms with Gasteiger partial charge >= 0.3 is 6.18 Å². The number of halogens is 3. The van der Waals surface area contributed by atoms with Gasteiger partial charge in [0.25, 0.3) is 0 Å². The predicted molar refractivity (Wildman–Crippen MR) is 131 cm³/mol. The molecule has 1 unspecified atom stereocenters. The highest BCUT2D eigenvalue weighted by atomic mass is 32.2. The molecule has 0 saturated carbocycles. The number of hydrogen-bond acceptors (Lipinski definition) is 4. The predicted octanol–water partition coefficient (Wildman–Crippen LogP) is 5.33. The standard InChI is InChI=1S/C26H34F3N3OS/c27-26(28,29)23-9-5-21(6-10-23)22-7-11-25(12-8-22)34(33)30-15-4-16-31-19-13-24(14-20-31)32-17-2-1-3-18-32/h5-12,24,30H,1-4,13-20H2. The smallest absolute Gasteiger partial charge is 0.416 e. The van der Waals surface area contributed by atoms with Gasteiger partial charge in [-0.2, -0.15) is 13.2 Å². The molecule has 1 N–H and O–H groups in total. The topological polar surface area (TPSA) is 41.6 Å². The summed E-state index contributed by atoms with van der Waals surface area (Å²) in [6, 6.07) is 13.0. The third-order valence-corrected chi connectivity index (χ3v) is 8.13. The molecule has 2 aliphatic rings. The van der Waals surface area contributed by atoms with Crippen molar-refractivity contribution in [2.24, 2.45) is 0 Å². The first-order chi connectivity index (χ1) is 16.4. The molecule has 1 atom stereocenters. The number of likely N-dealkylation sites (tertiary alicyclic amines) is 2. The minimum absolute atomic E-state index is 0.662. The molecule has 2 saturated heterocycles. The second-order valence-electron chi connectivity index (χ2n) is 9.29. The Hall–Kier alpha value is -1.58. The van der Waals surface area contributed by atoms with Crippen LogP contribution in [0.15, 0.2) is 53.4 Å². The Balaban J connectivity index is 1.16. The van der Waals surface area contributed by atoms with Crippen LogP contribution in [0.4, 0.5) is 13.2 Å². The van der Waals surface area contributed by atoms with E-state index >= 15 is 0 Å². The van der Waals surface area contributed by atoms with Gasteiger partial charge in [0.15, 0.2) is 4.90 Å². The van der Waals surface area contributed by atoms with E-state index in [-0.39, 0.29) is 0 Å². The van der Waals surface area contributed by atoms with Gasteiger partial charge in [-0.15, -0.1) is 4.72 Å². The highest BCUT2D eigenvalue weighted by molar-refractivity contribution is 7.89. The Morgan fingerprint density at radius 3 is 2.03 bits per heavy atom. The lowest BCUT2D eigenvalue weighted by atomic mass is 10.00. The number of benzene rings is 2. The van der Waals surface area contributed by atoms with Gasteiger partial charge in [0.2, 0.25) is 0 Å². The third kappa shape index (κ3) is 6.98. The maximum atomic E-state index is 12.7. The average molecular weight is 494 g/mol. The Morgan fingerprint density at radius 1 is 0.853 bits per heavy atom. The van der Waals surface area contributed by atoms with Gasteiger partial charge in [-0.3, -0.25) is 0 Å². The number of rotatable bonds is 8. The Bertz CT molecular complexity index is 878. The van der Waals surface area contributed by atoms with Gasteiger partial charge in [-0.05, 0) is 112 Å². The Labute approximate surface area is 203 Å². The maximum absolute atomic E-state index is 12.7. The zero-order valence-electron chi connectivity index (χ0n) is 19.5. The molecular formula is C26H34F3N3OS.